The normalized spacial score (nSPS) is 8.94. The van der Waals surface area contributed by atoms with Crippen molar-refractivity contribution in [2.24, 2.45) is 0 Å². The fraction of sp³-hybridized carbons (Fsp3) is 0. The second-order valence-corrected chi connectivity index (χ2v) is 3.77. The molecule has 0 amide bonds. The van der Waals surface area contributed by atoms with Crippen molar-refractivity contribution >= 4 is 11.6 Å². The van der Waals surface area contributed by atoms with Crippen LogP contribution in [0.3, 0.4) is 0 Å². The summed E-state index contributed by atoms with van der Waals surface area (Å²) in [4.78, 5) is 3.94. The van der Waals surface area contributed by atoms with Gasteiger partial charge in [-0.2, -0.15) is 5.26 Å². The van der Waals surface area contributed by atoms with Gasteiger partial charge in [0.05, 0.1) is 5.56 Å². The molecule has 0 radical (unpaired) electrons. The zero-order valence-electron chi connectivity index (χ0n) is 8.81. The maximum Gasteiger partial charge on any atom is 0.101 e. The van der Waals surface area contributed by atoms with Crippen molar-refractivity contribution in [3.8, 4) is 17.9 Å². The molecule has 0 aliphatic carbocycles. The smallest absolute Gasteiger partial charge is 0.101 e. The lowest BCUT2D eigenvalue weighted by molar-refractivity contribution is 1.29. The molecule has 0 aliphatic rings. The van der Waals surface area contributed by atoms with Crippen molar-refractivity contribution in [3.05, 3.63) is 64.4 Å². The van der Waals surface area contributed by atoms with Crippen LogP contribution in [0.5, 0.6) is 0 Å². The highest BCUT2D eigenvalue weighted by molar-refractivity contribution is 6.30. The Morgan fingerprint density at radius 3 is 2.29 bits per heavy atom. The van der Waals surface area contributed by atoms with Gasteiger partial charge in [0.15, 0.2) is 0 Å². The van der Waals surface area contributed by atoms with Crippen molar-refractivity contribution in [3.63, 3.8) is 0 Å². The van der Waals surface area contributed by atoms with Gasteiger partial charge in [-0.3, -0.25) is 4.98 Å². The van der Waals surface area contributed by atoms with Crippen molar-refractivity contribution in [2.75, 3.05) is 0 Å². The maximum absolute atomic E-state index is 8.72. The summed E-state index contributed by atoms with van der Waals surface area (Å²) in [5, 5.41) is 9.41. The van der Waals surface area contributed by atoms with E-state index in [0.29, 0.717) is 10.6 Å². The molecule has 2 rings (SSSR count). The van der Waals surface area contributed by atoms with Gasteiger partial charge in [0, 0.05) is 28.5 Å². The highest BCUT2D eigenvalue weighted by Gasteiger charge is 1.92. The van der Waals surface area contributed by atoms with E-state index in [-0.39, 0.29) is 0 Å². The largest absolute Gasteiger partial charge is 0.262 e. The van der Waals surface area contributed by atoms with Gasteiger partial charge in [-0.25, -0.2) is 0 Å². The Balaban J connectivity index is 2.27. The minimum absolute atomic E-state index is 0.507. The molecule has 0 atom stereocenters. The van der Waals surface area contributed by atoms with Crippen LogP contribution in [0.25, 0.3) is 0 Å². The van der Waals surface area contributed by atoms with E-state index in [2.05, 4.69) is 16.8 Å². The van der Waals surface area contributed by atoms with Crippen LogP contribution >= 0.6 is 11.6 Å². The molecule has 3 heteroatoms. The summed E-state index contributed by atoms with van der Waals surface area (Å²) in [5.41, 5.74) is 2.10. The summed E-state index contributed by atoms with van der Waals surface area (Å²) in [6.45, 7) is 0. The molecule has 0 saturated carbocycles. The summed E-state index contributed by atoms with van der Waals surface area (Å²) in [5.74, 6) is 5.93. The minimum atomic E-state index is 0.507. The van der Waals surface area contributed by atoms with E-state index < -0.39 is 0 Å². The van der Waals surface area contributed by atoms with Crippen LogP contribution in [0.2, 0.25) is 5.02 Å². The molecule has 0 bridgehead atoms. The molecule has 17 heavy (non-hydrogen) atoms. The Morgan fingerprint density at radius 2 is 1.59 bits per heavy atom. The molecule has 1 heterocycles. The van der Waals surface area contributed by atoms with Crippen LogP contribution in [-0.4, -0.2) is 4.98 Å². The molecule has 0 N–H and O–H groups in total. The van der Waals surface area contributed by atoms with E-state index in [4.69, 9.17) is 16.9 Å². The van der Waals surface area contributed by atoms with Gasteiger partial charge in [-0.1, -0.05) is 23.4 Å². The third-order valence-electron chi connectivity index (χ3n) is 2.06. The topological polar surface area (TPSA) is 36.7 Å². The first-order chi connectivity index (χ1) is 8.28. The van der Waals surface area contributed by atoms with Crippen molar-refractivity contribution in [1.29, 1.82) is 5.26 Å². The van der Waals surface area contributed by atoms with Gasteiger partial charge in [0.25, 0.3) is 0 Å². The molecule has 0 aliphatic heterocycles. The Labute approximate surface area is 104 Å². The van der Waals surface area contributed by atoms with E-state index in [9.17, 15) is 0 Å². The Kier molecular flexibility index (Phi) is 3.40. The molecule has 0 fully saturated rings. The van der Waals surface area contributed by atoms with Crippen molar-refractivity contribution in [2.45, 2.75) is 0 Å². The number of hydrogen-bond acceptors (Lipinski definition) is 2. The lowest BCUT2D eigenvalue weighted by Crippen LogP contribution is -1.82. The van der Waals surface area contributed by atoms with E-state index in [1.54, 1.807) is 24.4 Å². The lowest BCUT2D eigenvalue weighted by atomic mass is 10.2. The lowest BCUT2D eigenvalue weighted by Gasteiger charge is -1.91. The number of halogens is 1. The van der Waals surface area contributed by atoms with Crippen LogP contribution in [-0.2, 0) is 0 Å². The average Bonchev–Trinajstić information content (AvgIpc) is 2.38. The zero-order valence-corrected chi connectivity index (χ0v) is 9.57. The molecule has 1 aromatic carbocycles. The van der Waals surface area contributed by atoms with Gasteiger partial charge >= 0.3 is 0 Å². The zero-order chi connectivity index (χ0) is 12.1. The van der Waals surface area contributed by atoms with Crippen LogP contribution < -0.4 is 0 Å². The summed E-state index contributed by atoms with van der Waals surface area (Å²) in [6, 6.07) is 11.0. The first-order valence-corrected chi connectivity index (χ1v) is 5.28. The standard InChI is InChI=1S/C14H7ClN2/c15-14-5-3-11(4-6-14)1-2-12-7-13(8-16)10-17-9-12/h3-7,9-10H. The Morgan fingerprint density at radius 1 is 0.941 bits per heavy atom. The fourth-order valence-corrected chi connectivity index (χ4v) is 1.37. The van der Waals surface area contributed by atoms with Gasteiger partial charge in [0.1, 0.15) is 6.07 Å². The summed E-state index contributed by atoms with van der Waals surface area (Å²) < 4.78 is 0. The highest BCUT2D eigenvalue weighted by Crippen LogP contribution is 2.08. The monoisotopic (exact) mass is 238 g/mol. The van der Waals surface area contributed by atoms with Crippen molar-refractivity contribution < 1.29 is 0 Å². The highest BCUT2D eigenvalue weighted by atomic mass is 35.5. The summed E-state index contributed by atoms with van der Waals surface area (Å²) in [7, 11) is 0. The number of nitriles is 1. The predicted octanol–water partition coefficient (Wildman–Crippen LogP) is 3.01. The third-order valence-corrected chi connectivity index (χ3v) is 2.31. The molecule has 0 unspecified atom stereocenters. The van der Waals surface area contributed by atoms with Gasteiger partial charge < -0.3 is 0 Å². The minimum Gasteiger partial charge on any atom is -0.262 e. The van der Waals surface area contributed by atoms with Crippen LogP contribution in [0.15, 0.2) is 42.7 Å². The third kappa shape index (κ3) is 3.08. The SMILES string of the molecule is N#Cc1cncc(C#Cc2ccc(Cl)cc2)c1. The molecule has 0 saturated heterocycles. The van der Waals surface area contributed by atoms with Crippen LogP contribution in [0.1, 0.15) is 16.7 Å². The number of pyridine rings is 1. The molecule has 1 aromatic heterocycles. The van der Waals surface area contributed by atoms with Gasteiger partial charge in [-0.05, 0) is 30.3 Å². The molecule has 0 spiro atoms. The molecule has 80 valence electrons. The summed E-state index contributed by atoms with van der Waals surface area (Å²) in [6.07, 6.45) is 3.14. The first-order valence-electron chi connectivity index (χ1n) is 4.91. The predicted molar refractivity (Wildman–Crippen MR) is 66.4 cm³/mol. The van der Waals surface area contributed by atoms with Crippen molar-refractivity contribution in [1.82, 2.24) is 4.98 Å². The van der Waals surface area contributed by atoms with Gasteiger partial charge in [0.2, 0.25) is 0 Å². The van der Waals surface area contributed by atoms with E-state index in [1.165, 1.54) is 6.20 Å². The Hall–Kier alpha value is -2.29. The molecular weight excluding hydrogens is 232 g/mol. The van der Waals surface area contributed by atoms with E-state index in [0.717, 1.165) is 11.1 Å². The number of rotatable bonds is 0. The molecule has 2 aromatic rings. The molecule has 2 nitrogen and oxygen atoms in total. The molecular formula is C14H7ClN2. The number of nitrogens with zero attached hydrogens (tertiary/aromatic N) is 2. The van der Waals surface area contributed by atoms with Gasteiger partial charge in [-0.15, -0.1) is 0 Å². The fourth-order valence-electron chi connectivity index (χ4n) is 1.25. The number of aromatic nitrogens is 1. The second-order valence-electron chi connectivity index (χ2n) is 3.33. The van der Waals surface area contributed by atoms with E-state index >= 15 is 0 Å². The van der Waals surface area contributed by atoms with Crippen LogP contribution in [0, 0.1) is 23.2 Å². The summed E-state index contributed by atoms with van der Waals surface area (Å²) >= 11 is 5.77. The number of benzene rings is 1. The average molecular weight is 239 g/mol. The quantitative estimate of drug-likeness (QED) is 0.662. The second kappa shape index (κ2) is 5.16. The van der Waals surface area contributed by atoms with E-state index in [1.807, 2.05) is 18.2 Å². The maximum atomic E-state index is 8.72. The Bertz CT molecular complexity index is 628. The van der Waals surface area contributed by atoms with Crippen LogP contribution in [0.4, 0.5) is 0 Å². The first kappa shape index (κ1) is 11.2. The number of hydrogen-bond donors (Lipinski definition) is 0.